The van der Waals surface area contributed by atoms with Gasteiger partial charge in [-0.15, -0.1) is 0 Å². The molecule has 102 valence electrons. The Morgan fingerprint density at radius 2 is 2.17 bits per heavy atom. The summed E-state index contributed by atoms with van der Waals surface area (Å²) in [5.74, 6) is -0.231. The van der Waals surface area contributed by atoms with Gasteiger partial charge < -0.3 is 15.2 Å². The minimum absolute atomic E-state index is 0.0243. The van der Waals surface area contributed by atoms with Gasteiger partial charge in [-0.3, -0.25) is 0 Å². The lowest BCUT2D eigenvalue weighted by molar-refractivity contribution is 0.104. The Morgan fingerprint density at radius 3 is 2.78 bits per heavy atom. The summed E-state index contributed by atoms with van der Waals surface area (Å²) in [6.45, 7) is 4.47. The van der Waals surface area contributed by atoms with Gasteiger partial charge in [0, 0.05) is 18.7 Å². The van der Waals surface area contributed by atoms with Crippen LogP contribution < -0.4 is 10.1 Å². The van der Waals surface area contributed by atoms with Gasteiger partial charge in [-0.25, -0.2) is 4.39 Å². The van der Waals surface area contributed by atoms with Crippen molar-refractivity contribution in [3.8, 4) is 5.75 Å². The van der Waals surface area contributed by atoms with Gasteiger partial charge in [-0.05, 0) is 22.0 Å². The zero-order valence-electron chi connectivity index (χ0n) is 10.2. The van der Waals surface area contributed by atoms with Crippen LogP contribution in [0, 0.1) is 5.82 Å². The molecule has 1 rings (SSSR count). The van der Waals surface area contributed by atoms with Crippen molar-refractivity contribution in [3.63, 3.8) is 0 Å². The second-order valence-corrected chi connectivity index (χ2v) is 5.49. The van der Waals surface area contributed by atoms with Crippen molar-refractivity contribution in [2.24, 2.45) is 0 Å². The van der Waals surface area contributed by atoms with E-state index in [4.69, 9.17) is 16.3 Å². The molecule has 1 atom stereocenters. The van der Waals surface area contributed by atoms with Gasteiger partial charge in [0.1, 0.15) is 24.3 Å². The maximum absolute atomic E-state index is 13.2. The van der Waals surface area contributed by atoms with Gasteiger partial charge in [0.25, 0.3) is 0 Å². The normalized spacial score (nSPS) is 12.8. The summed E-state index contributed by atoms with van der Waals surface area (Å²) in [5, 5.41) is 12.8. The van der Waals surface area contributed by atoms with E-state index in [2.05, 4.69) is 21.2 Å². The van der Waals surface area contributed by atoms with Crippen molar-refractivity contribution in [1.29, 1.82) is 0 Å². The molecule has 0 spiro atoms. The van der Waals surface area contributed by atoms with Crippen LogP contribution in [0.1, 0.15) is 13.8 Å². The van der Waals surface area contributed by atoms with Crippen molar-refractivity contribution in [1.82, 2.24) is 5.32 Å². The van der Waals surface area contributed by atoms with Crippen LogP contribution in [0.5, 0.6) is 5.75 Å². The molecule has 1 unspecified atom stereocenters. The summed E-state index contributed by atoms with van der Waals surface area (Å²) >= 11 is 8.83. The first-order valence-electron chi connectivity index (χ1n) is 5.59. The van der Waals surface area contributed by atoms with Crippen LogP contribution >= 0.6 is 27.5 Å². The Kier molecular flexibility index (Phi) is 6.35. The van der Waals surface area contributed by atoms with E-state index in [1.54, 1.807) is 0 Å². The third kappa shape index (κ3) is 5.10. The molecule has 1 aromatic rings. The number of halogens is 3. The Morgan fingerprint density at radius 1 is 1.50 bits per heavy atom. The Balaban J connectivity index is 2.50. The lowest BCUT2D eigenvalue weighted by Gasteiger charge is -2.15. The van der Waals surface area contributed by atoms with E-state index in [1.165, 1.54) is 12.1 Å². The van der Waals surface area contributed by atoms with E-state index >= 15 is 0 Å². The number of ether oxygens (including phenoxy) is 1. The van der Waals surface area contributed by atoms with E-state index in [0.29, 0.717) is 22.8 Å². The molecule has 1 aromatic carbocycles. The first-order chi connectivity index (χ1) is 8.40. The predicted octanol–water partition coefficient (Wildman–Crippen LogP) is 2.98. The summed E-state index contributed by atoms with van der Waals surface area (Å²) < 4.78 is 19.1. The third-order valence-electron chi connectivity index (χ3n) is 2.17. The fourth-order valence-corrected chi connectivity index (χ4v) is 1.98. The highest BCUT2D eigenvalue weighted by Crippen LogP contribution is 2.30. The van der Waals surface area contributed by atoms with E-state index in [0.717, 1.165) is 0 Å². The van der Waals surface area contributed by atoms with E-state index < -0.39 is 11.9 Å². The number of hydrogen-bond acceptors (Lipinski definition) is 3. The van der Waals surface area contributed by atoms with Crippen LogP contribution in [-0.4, -0.2) is 30.4 Å². The first kappa shape index (κ1) is 15.7. The second kappa shape index (κ2) is 7.28. The van der Waals surface area contributed by atoms with Gasteiger partial charge in [0.05, 0.1) is 9.50 Å². The molecule has 6 heteroatoms. The van der Waals surface area contributed by atoms with Gasteiger partial charge >= 0.3 is 0 Å². The first-order valence-corrected chi connectivity index (χ1v) is 6.76. The fraction of sp³-hybridized carbons (Fsp3) is 0.500. The van der Waals surface area contributed by atoms with E-state index in [9.17, 15) is 9.50 Å². The van der Waals surface area contributed by atoms with Crippen molar-refractivity contribution >= 4 is 27.5 Å². The maximum Gasteiger partial charge on any atom is 0.145 e. The summed E-state index contributed by atoms with van der Waals surface area (Å²) in [6.07, 6.45) is -0.655. The zero-order chi connectivity index (χ0) is 13.7. The highest BCUT2D eigenvalue weighted by Gasteiger charge is 2.10. The zero-order valence-corrected chi connectivity index (χ0v) is 12.6. The van der Waals surface area contributed by atoms with Crippen molar-refractivity contribution in [3.05, 3.63) is 27.4 Å². The summed E-state index contributed by atoms with van der Waals surface area (Å²) in [5.41, 5.74) is 0. The number of nitrogens with one attached hydrogen (secondary N) is 1. The SMILES string of the molecule is CC(C)NCC(O)COc1cc(F)c(Cl)cc1Br. The molecule has 0 amide bonds. The Bertz CT molecular complexity index is 404. The average Bonchev–Trinajstić information content (AvgIpc) is 2.29. The monoisotopic (exact) mass is 339 g/mol. The topological polar surface area (TPSA) is 41.5 Å². The lowest BCUT2D eigenvalue weighted by Crippen LogP contribution is -2.35. The molecule has 0 aliphatic carbocycles. The van der Waals surface area contributed by atoms with E-state index in [1.807, 2.05) is 13.8 Å². The molecule has 0 heterocycles. The quantitative estimate of drug-likeness (QED) is 0.782. The minimum atomic E-state index is -0.655. The fourth-order valence-electron chi connectivity index (χ4n) is 1.23. The third-order valence-corrected chi connectivity index (χ3v) is 3.08. The van der Waals surface area contributed by atoms with Crippen LogP contribution in [0.4, 0.5) is 4.39 Å². The van der Waals surface area contributed by atoms with Crippen LogP contribution in [-0.2, 0) is 0 Å². The molecule has 0 saturated carbocycles. The summed E-state index contributed by atoms with van der Waals surface area (Å²) in [6, 6.07) is 2.90. The smallest absolute Gasteiger partial charge is 0.145 e. The minimum Gasteiger partial charge on any atom is -0.490 e. The Labute approximate surface area is 119 Å². The lowest BCUT2D eigenvalue weighted by atomic mass is 10.3. The second-order valence-electron chi connectivity index (χ2n) is 4.22. The van der Waals surface area contributed by atoms with Gasteiger partial charge in [0.15, 0.2) is 0 Å². The van der Waals surface area contributed by atoms with Crippen LogP contribution in [0.25, 0.3) is 0 Å². The number of benzene rings is 1. The van der Waals surface area contributed by atoms with Gasteiger partial charge in [-0.2, -0.15) is 0 Å². The number of hydrogen-bond donors (Lipinski definition) is 2. The highest BCUT2D eigenvalue weighted by atomic mass is 79.9. The van der Waals surface area contributed by atoms with Gasteiger partial charge in [-0.1, -0.05) is 25.4 Å². The average molecular weight is 341 g/mol. The molecule has 3 nitrogen and oxygen atoms in total. The molecule has 0 aliphatic rings. The molecule has 18 heavy (non-hydrogen) atoms. The van der Waals surface area contributed by atoms with Crippen LogP contribution in [0.15, 0.2) is 16.6 Å². The molecule has 0 bridgehead atoms. The van der Waals surface area contributed by atoms with Gasteiger partial charge in [0.2, 0.25) is 0 Å². The molecule has 2 N–H and O–H groups in total. The molecular weight excluding hydrogens is 324 g/mol. The predicted molar refractivity (Wildman–Crippen MR) is 73.8 cm³/mol. The maximum atomic E-state index is 13.2. The van der Waals surface area contributed by atoms with Crippen molar-refractivity contribution in [2.75, 3.05) is 13.2 Å². The molecule has 0 aliphatic heterocycles. The Hall–Kier alpha value is -0.360. The van der Waals surface area contributed by atoms with E-state index in [-0.39, 0.29) is 11.6 Å². The molecule has 0 radical (unpaired) electrons. The number of aliphatic hydroxyl groups excluding tert-OH is 1. The molecule has 0 saturated heterocycles. The number of rotatable bonds is 6. The molecular formula is C12H16BrClFNO2. The molecule has 0 aromatic heterocycles. The standard InChI is InChI=1S/C12H16BrClFNO2/c1-7(2)16-5-8(17)6-18-12-4-11(15)10(14)3-9(12)13/h3-4,7-8,16-17H,5-6H2,1-2H3. The summed E-state index contributed by atoms with van der Waals surface area (Å²) in [4.78, 5) is 0. The highest BCUT2D eigenvalue weighted by molar-refractivity contribution is 9.10. The van der Waals surface area contributed by atoms with Crippen molar-refractivity contribution < 1.29 is 14.2 Å². The largest absolute Gasteiger partial charge is 0.490 e. The number of aliphatic hydroxyl groups is 1. The van der Waals surface area contributed by atoms with Crippen molar-refractivity contribution in [2.45, 2.75) is 26.0 Å². The van der Waals surface area contributed by atoms with Crippen LogP contribution in [0.2, 0.25) is 5.02 Å². The van der Waals surface area contributed by atoms with Crippen LogP contribution in [0.3, 0.4) is 0 Å². The summed E-state index contributed by atoms with van der Waals surface area (Å²) in [7, 11) is 0. The molecule has 0 fully saturated rings.